The smallest absolute Gasteiger partial charge is 0.264 e. The highest BCUT2D eigenvalue weighted by molar-refractivity contribution is 9.10. The SMILES string of the molecule is O=C1NC(=Nc2ccccc2Br)S/C1=C/c1cc[n+]([O-])cc1. The van der Waals surface area contributed by atoms with Crippen LogP contribution < -0.4 is 10.0 Å². The molecule has 110 valence electrons. The maximum atomic E-state index is 12.0. The van der Waals surface area contributed by atoms with Crippen molar-refractivity contribution in [1.82, 2.24) is 5.32 Å². The molecular formula is C15H10BrN3O2S. The van der Waals surface area contributed by atoms with Gasteiger partial charge in [-0.3, -0.25) is 4.79 Å². The van der Waals surface area contributed by atoms with Crippen LogP contribution in [0, 0.1) is 5.21 Å². The van der Waals surface area contributed by atoms with Gasteiger partial charge in [-0.15, -0.1) is 0 Å². The first kappa shape index (κ1) is 14.8. The molecule has 1 aliphatic rings. The Morgan fingerprint density at radius 2 is 1.95 bits per heavy atom. The molecule has 7 heteroatoms. The highest BCUT2D eigenvalue weighted by Gasteiger charge is 2.24. The Hall–Kier alpha value is -2.12. The first-order valence-electron chi connectivity index (χ1n) is 6.35. The number of aromatic nitrogens is 1. The first-order chi connectivity index (χ1) is 10.6. The van der Waals surface area contributed by atoms with Crippen molar-refractivity contribution >= 4 is 50.5 Å². The summed E-state index contributed by atoms with van der Waals surface area (Å²) in [6.07, 6.45) is 4.50. The number of carbonyl (C=O) groups excluding carboxylic acids is 1. The summed E-state index contributed by atoms with van der Waals surface area (Å²) in [6, 6.07) is 10.8. The van der Waals surface area contributed by atoms with Crippen LogP contribution in [0.2, 0.25) is 0 Å². The van der Waals surface area contributed by atoms with E-state index in [4.69, 9.17) is 0 Å². The Morgan fingerprint density at radius 3 is 2.68 bits per heavy atom. The van der Waals surface area contributed by atoms with E-state index in [0.717, 1.165) is 15.7 Å². The zero-order valence-corrected chi connectivity index (χ0v) is 13.6. The molecule has 0 radical (unpaired) electrons. The van der Waals surface area contributed by atoms with E-state index in [9.17, 15) is 10.0 Å². The number of halogens is 1. The van der Waals surface area contributed by atoms with Crippen molar-refractivity contribution in [3.8, 4) is 0 Å². The van der Waals surface area contributed by atoms with Crippen LogP contribution in [0.25, 0.3) is 6.08 Å². The number of nitrogens with zero attached hydrogens (tertiary/aromatic N) is 2. The lowest BCUT2D eigenvalue weighted by molar-refractivity contribution is -0.605. The standard InChI is InChI=1S/C15H10BrN3O2S/c16-11-3-1-2-4-12(11)17-15-18-14(20)13(22-15)9-10-5-7-19(21)8-6-10/h1-9H,(H,17,18,20)/b13-9+. The van der Waals surface area contributed by atoms with Gasteiger partial charge < -0.3 is 10.5 Å². The molecule has 1 fully saturated rings. The fraction of sp³-hybridized carbons (Fsp3) is 0. The number of amidine groups is 1. The maximum absolute atomic E-state index is 12.0. The van der Waals surface area contributed by atoms with Gasteiger partial charge in [0.15, 0.2) is 17.6 Å². The summed E-state index contributed by atoms with van der Waals surface area (Å²) in [6.45, 7) is 0. The molecule has 1 aromatic heterocycles. The lowest BCUT2D eigenvalue weighted by Crippen LogP contribution is -2.23. The molecule has 3 rings (SSSR count). The second kappa shape index (κ2) is 6.33. The summed E-state index contributed by atoms with van der Waals surface area (Å²) >= 11 is 4.68. The van der Waals surface area contributed by atoms with E-state index >= 15 is 0 Å². The number of hydrogen-bond acceptors (Lipinski definition) is 4. The number of nitrogens with one attached hydrogen (secondary N) is 1. The largest absolute Gasteiger partial charge is 0.619 e. The molecule has 2 aromatic rings. The van der Waals surface area contributed by atoms with Crippen LogP contribution in [0.3, 0.4) is 0 Å². The molecule has 0 unspecified atom stereocenters. The Balaban J connectivity index is 1.84. The molecule has 0 bridgehead atoms. The average molecular weight is 376 g/mol. The third-order valence-corrected chi connectivity index (χ3v) is 4.43. The van der Waals surface area contributed by atoms with Gasteiger partial charge in [-0.1, -0.05) is 12.1 Å². The summed E-state index contributed by atoms with van der Waals surface area (Å²) in [4.78, 5) is 16.9. The molecule has 5 nitrogen and oxygen atoms in total. The number of amides is 1. The molecule has 0 saturated carbocycles. The van der Waals surface area contributed by atoms with Crippen molar-refractivity contribution in [1.29, 1.82) is 0 Å². The highest BCUT2D eigenvalue weighted by Crippen LogP contribution is 2.30. The summed E-state index contributed by atoms with van der Waals surface area (Å²) in [5.74, 6) is -0.199. The molecule has 0 atom stereocenters. The van der Waals surface area contributed by atoms with Crippen LogP contribution in [-0.4, -0.2) is 11.1 Å². The fourth-order valence-corrected chi connectivity index (χ4v) is 3.01. The molecule has 1 aromatic carbocycles. The summed E-state index contributed by atoms with van der Waals surface area (Å²) in [5.41, 5.74) is 1.53. The summed E-state index contributed by atoms with van der Waals surface area (Å²) in [7, 11) is 0. The fourth-order valence-electron chi connectivity index (χ4n) is 1.80. The van der Waals surface area contributed by atoms with E-state index in [1.54, 1.807) is 18.2 Å². The number of rotatable bonds is 2. The lowest BCUT2D eigenvalue weighted by Gasteiger charge is -1.98. The first-order valence-corrected chi connectivity index (χ1v) is 7.96. The van der Waals surface area contributed by atoms with Crippen molar-refractivity contribution in [2.45, 2.75) is 0 Å². The van der Waals surface area contributed by atoms with Gasteiger partial charge in [-0.05, 0) is 51.5 Å². The van der Waals surface area contributed by atoms with Crippen molar-refractivity contribution in [2.75, 3.05) is 0 Å². The predicted molar refractivity (Wildman–Crippen MR) is 90.3 cm³/mol. The molecule has 1 amide bonds. The average Bonchev–Trinajstić information content (AvgIpc) is 2.84. The van der Waals surface area contributed by atoms with Crippen molar-refractivity contribution < 1.29 is 9.52 Å². The quantitative estimate of drug-likeness (QED) is 0.498. The molecule has 0 spiro atoms. The molecule has 0 aliphatic carbocycles. The van der Waals surface area contributed by atoms with E-state index < -0.39 is 0 Å². The van der Waals surface area contributed by atoms with E-state index in [2.05, 4.69) is 26.2 Å². The Labute approximate surface area is 139 Å². The number of hydrogen-bond donors (Lipinski definition) is 1. The van der Waals surface area contributed by atoms with Gasteiger partial charge in [0.25, 0.3) is 5.91 Å². The molecule has 22 heavy (non-hydrogen) atoms. The number of pyridine rings is 1. The van der Waals surface area contributed by atoms with Crippen LogP contribution in [0.15, 0.2) is 63.2 Å². The van der Waals surface area contributed by atoms with E-state index in [1.807, 2.05) is 24.3 Å². The number of thioether (sulfide) groups is 1. The van der Waals surface area contributed by atoms with Crippen LogP contribution in [0.1, 0.15) is 5.56 Å². The Morgan fingerprint density at radius 1 is 1.23 bits per heavy atom. The molecule has 1 N–H and O–H groups in total. The van der Waals surface area contributed by atoms with Crippen molar-refractivity contribution in [3.63, 3.8) is 0 Å². The van der Waals surface area contributed by atoms with Crippen molar-refractivity contribution in [3.05, 3.63) is 68.9 Å². The Kier molecular flexibility index (Phi) is 4.26. The lowest BCUT2D eigenvalue weighted by atomic mass is 10.2. The van der Waals surface area contributed by atoms with Gasteiger partial charge in [0.05, 0.1) is 10.6 Å². The normalized spacial score (nSPS) is 18.0. The minimum atomic E-state index is -0.199. The van der Waals surface area contributed by atoms with E-state index in [-0.39, 0.29) is 5.91 Å². The second-order valence-corrected chi connectivity index (χ2v) is 6.31. The number of aliphatic imine (C=N–C) groups is 1. The van der Waals surface area contributed by atoms with Gasteiger partial charge in [-0.25, -0.2) is 4.99 Å². The highest BCUT2D eigenvalue weighted by atomic mass is 79.9. The zero-order chi connectivity index (χ0) is 15.5. The van der Waals surface area contributed by atoms with Gasteiger partial charge >= 0.3 is 0 Å². The van der Waals surface area contributed by atoms with Crippen molar-refractivity contribution in [2.24, 2.45) is 4.99 Å². The van der Waals surface area contributed by atoms with E-state index in [1.165, 1.54) is 24.2 Å². The van der Waals surface area contributed by atoms with Crippen LogP contribution in [0.4, 0.5) is 5.69 Å². The molecule has 1 aliphatic heterocycles. The van der Waals surface area contributed by atoms with Gasteiger partial charge in [-0.2, -0.15) is 4.73 Å². The third-order valence-electron chi connectivity index (χ3n) is 2.85. The molecule has 1 saturated heterocycles. The molecular weight excluding hydrogens is 366 g/mol. The summed E-state index contributed by atoms with van der Waals surface area (Å²) in [5, 5.41) is 14.3. The van der Waals surface area contributed by atoms with Gasteiger partial charge in [0.1, 0.15) is 0 Å². The maximum Gasteiger partial charge on any atom is 0.264 e. The predicted octanol–water partition coefficient (Wildman–Crippen LogP) is 2.97. The topological polar surface area (TPSA) is 68.4 Å². The second-order valence-electron chi connectivity index (χ2n) is 4.42. The Bertz CT molecular complexity index is 788. The zero-order valence-electron chi connectivity index (χ0n) is 11.2. The van der Waals surface area contributed by atoms with Gasteiger partial charge in [0.2, 0.25) is 0 Å². The monoisotopic (exact) mass is 375 g/mol. The number of para-hydroxylation sites is 1. The number of carbonyl (C=O) groups is 1. The minimum absolute atomic E-state index is 0.199. The summed E-state index contributed by atoms with van der Waals surface area (Å²) < 4.78 is 1.56. The van der Waals surface area contributed by atoms with Crippen LogP contribution in [0.5, 0.6) is 0 Å². The third kappa shape index (κ3) is 3.37. The molecule has 2 heterocycles. The van der Waals surface area contributed by atoms with Gasteiger partial charge in [0, 0.05) is 16.6 Å². The minimum Gasteiger partial charge on any atom is -0.619 e. The van der Waals surface area contributed by atoms with Crippen LogP contribution in [-0.2, 0) is 4.79 Å². The van der Waals surface area contributed by atoms with Crippen LogP contribution >= 0.6 is 27.7 Å². The van der Waals surface area contributed by atoms with E-state index in [0.29, 0.717) is 14.8 Å². The number of benzene rings is 1.